The van der Waals surface area contributed by atoms with Gasteiger partial charge in [0, 0.05) is 6.20 Å². The van der Waals surface area contributed by atoms with Gasteiger partial charge in [-0.25, -0.2) is 4.79 Å². The number of aromatic carboxylic acids is 1. The zero-order chi connectivity index (χ0) is 13.1. The molecule has 8 heteroatoms. The molecule has 18 heavy (non-hydrogen) atoms. The maximum atomic E-state index is 11.7. The van der Waals surface area contributed by atoms with Gasteiger partial charge in [0.2, 0.25) is 5.13 Å². The van der Waals surface area contributed by atoms with Crippen molar-refractivity contribution in [2.45, 2.75) is 6.92 Å². The standard InChI is InChI=1S/C10H8N4O3S/c1-5-13-14-10(18-5)12-8(15)7-3-2-6(4-11-7)9(16)17/h2-4H,1H3,(H,16,17)(H,12,14,15). The summed E-state index contributed by atoms with van der Waals surface area (Å²) >= 11 is 1.24. The molecule has 92 valence electrons. The molecule has 0 aromatic carbocycles. The summed E-state index contributed by atoms with van der Waals surface area (Å²) in [7, 11) is 0. The van der Waals surface area contributed by atoms with Crippen molar-refractivity contribution in [1.29, 1.82) is 0 Å². The molecule has 2 rings (SSSR count). The van der Waals surface area contributed by atoms with Crippen LogP contribution in [0.15, 0.2) is 18.3 Å². The number of hydrogen-bond acceptors (Lipinski definition) is 6. The van der Waals surface area contributed by atoms with Crippen molar-refractivity contribution in [2.24, 2.45) is 0 Å². The van der Waals surface area contributed by atoms with E-state index >= 15 is 0 Å². The molecule has 1 amide bonds. The van der Waals surface area contributed by atoms with Crippen LogP contribution in [-0.2, 0) is 0 Å². The van der Waals surface area contributed by atoms with Gasteiger partial charge in [0.25, 0.3) is 5.91 Å². The molecule has 0 bridgehead atoms. The van der Waals surface area contributed by atoms with Crippen LogP contribution in [0.5, 0.6) is 0 Å². The maximum Gasteiger partial charge on any atom is 0.337 e. The Hall–Kier alpha value is -2.35. The van der Waals surface area contributed by atoms with Crippen LogP contribution in [0, 0.1) is 6.92 Å². The monoisotopic (exact) mass is 264 g/mol. The van der Waals surface area contributed by atoms with Crippen molar-refractivity contribution in [3.63, 3.8) is 0 Å². The molecule has 0 atom stereocenters. The van der Waals surface area contributed by atoms with Gasteiger partial charge in [-0.1, -0.05) is 11.3 Å². The summed E-state index contributed by atoms with van der Waals surface area (Å²) < 4.78 is 0. The lowest BCUT2D eigenvalue weighted by Gasteiger charge is -2.00. The number of hydrogen-bond donors (Lipinski definition) is 2. The molecular weight excluding hydrogens is 256 g/mol. The zero-order valence-corrected chi connectivity index (χ0v) is 10.1. The highest BCUT2D eigenvalue weighted by molar-refractivity contribution is 7.15. The van der Waals surface area contributed by atoms with Crippen LogP contribution in [0.25, 0.3) is 0 Å². The minimum Gasteiger partial charge on any atom is -0.478 e. The lowest BCUT2D eigenvalue weighted by molar-refractivity contribution is 0.0696. The Labute approximate surface area is 106 Å². The van der Waals surface area contributed by atoms with Crippen LogP contribution < -0.4 is 5.32 Å². The van der Waals surface area contributed by atoms with Gasteiger partial charge in [0.15, 0.2) is 0 Å². The third-order valence-electron chi connectivity index (χ3n) is 1.99. The van der Waals surface area contributed by atoms with Gasteiger partial charge in [-0.2, -0.15) is 0 Å². The number of rotatable bonds is 3. The third-order valence-corrected chi connectivity index (χ3v) is 2.74. The molecule has 0 aliphatic heterocycles. The molecule has 2 N–H and O–H groups in total. The van der Waals surface area contributed by atoms with Crippen molar-refractivity contribution >= 4 is 28.3 Å². The van der Waals surface area contributed by atoms with Crippen molar-refractivity contribution < 1.29 is 14.7 Å². The molecule has 2 aromatic heterocycles. The number of amides is 1. The maximum absolute atomic E-state index is 11.7. The summed E-state index contributed by atoms with van der Waals surface area (Å²) in [6.45, 7) is 1.77. The average molecular weight is 264 g/mol. The Morgan fingerprint density at radius 1 is 1.33 bits per heavy atom. The van der Waals surface area contributed by atoms with Gasteiger partial charge in [-0.15, -0.1) is 10.2 Å². The van der Waals surface area contributed by atoms with Crippen LogP contribution in [0.3, 0.4) is 0 Å². The fraction of sp³-hybridized carbons (Fsp3) is 0.100. The fourth-order valence-electron chi connectivity index (χ4n) is 1.16. The molecule has 0 spiro atoms. The molecule has 0 unspecified atom stereocenters. The first kappa shape index (κ1) is 12.1. The Morgan fingerprint density at radius 3 is 2.61 bits per heavy atom. The van der Waals surface area contributed by atoms with E-state index in [2.05, 4.69) is 20.5 Å². The highest BCUT2D eigenvalue weighted by atomic mass is 32.1. The summed E-state index contributed by atoms with van der Waals surface area (Å²) in [6.07, 6.45) is 1.13. The van der Waals surface area contributed by atoms with E-state index in [4.69, 9.17) is 5.11 Å². The fourth-order valence-corrected chi connectivity index (χ4v) is 1.75. The van der Waals surface area contributed by atoms with E-state index in [0.29, 0.717) is 5.13 Å². The van der Waals surface area contributed by atoms with E-state index < -0.39 is 11.9 Å². The second-order valence-electron chi connectivity index (χ2n) is 3.32. The lowest BCUT2D eigenvalue weighted by Crippen LogP contribution is -2.14. The Kier molecular flexibility index (Phi) is 3.28. The molecule has 2 heterocycles. The number of nitrogens with zero attached hydrogens (tertiary/aromatic N) is 3. The number of anilines is 1. The van der Waals surface area contributed by atoms with Crippen LogP contribution >= 0.6 is 11.3 Å². The highest BCUT2D eigenvalue weighted by Gasteiger charge is 2.11. The second-order valence-corrected chi connectivity index (χ2v) is 4.50. The van der Waals surface area contributed by atoms with E-state index in [1.54, 1.807) is 6.92 Å². The molecule has 7 nitrogen and oxygen atoms in total. The van der Waals surface area contributed by atoms with Gasteiger partial charge in [-0.05, 0) is 19.1 Å². The van der Waals surface area contributed by atoms with Crippen molar-refractivity contribution in [3.05, 3.63) is 34.6 Å². The quantitative estimate of drug-likeness (QED) is 0.862. The van der Waals surface area contributed by atoms with Gasteiger partial charge < -0.3 is 5.11 Å². The minimum absolute atomic E-state index is 0.0262. The van der Waals surface area contributed by atoms with Gasteiger partial charge in [0.05, 0.1) is 5.56 Å². The van der Waals surface area contributed by atoms with Crippen LogP contribution in [-0.4, -0.2) is 32.2 Å². The number of pyridine rings is 1. The number of carbonyl (C=O) groups is 2. The van der Waals surface area contributed by atoms with Gasteiger partial charge >= 0.3 is 5.97 Å². The minimum atomic E-state index is -1.09. The zero-order valence-electron chi connectivity index (χ0n) is 9.25. The van der Waals surface area contributed by atoms with Crippen molar-refractivity contribution in [3.8, 4) is 0 Å². The molecule has 0 aliphatic rings. The lowest BCUT2D eigenvalue weighted by atomic mass is 10.2. The van der Waals surface area contributed by atoms with E-state index in [1.807, 2.05) is 0 Å². The van der Waals surface area contributed by atoms with Crippen molar-refractivity contribution in [1.82, 2.24) is 15.2 Å². The summed E-state index contributed by atoms with van der Waals surface area (Å²) in [5, 5.41) is 19.8. The Morgan fingerprint density at radius 2 is 2.11 bits per heavy atom. The molecule has 0 fully saturated rings. The SMILES string of the molecule is Cc1nnc(NC(=O)c2ccc(C(=O)O)cn2)s1. The van der Waals surface area contributed by atoms with E-state index in [0.717, 1.165) is 11.2 Å². The number of carboxylic acids is 1. The van der Waals surface area contributed by atoms with Crippen LogP contribution in [0.4, 0.5) is 5.13 Å². The summed E-state index contributed by atoms with van der Waals surface area (Å²) in [4.78, 5) is 26.1. The predicted octanol–water partition coefficient (Wildman–Crippen LogP) is 1.19. The number of carboxylic acid groups (broad SMARTS) is 1. The molecular formula is C10H8N4O3S. The Balaban J connectivity index is 2.11. The van der Waals surface area contributed by atoms with E-state index in [-0.39, 0.29) is 11.3 Å². The smallest absolute Gasteiger partial charge is 0.337 e. The number of carbonyl (C=O) groups excluding carboxylic acids is 1. The van der Waals surface area contributed by atoms with Gasteiger partial charge in [0.1, 0.15) is 10.7 Å². The van der Waals surface area contributed by atoms with Crippen LogP contribution in [0.2, 0.25) is 0 Å². The first-order valence-corrected chi connectivity index (χ1v) is 5.68. The number of nitrogens with one attached hydrogen (secondary N) is 1. The summed E-state index contributed by atoms with van der Waals surface area (Å²) in [6, 6.07) is 2.66. The summed E-state index contributed by atoms with van der Waals surface area (Å²) in [5.74, 6) is -1.54. The topological polar surface area (TPSA) is 105 Å². The molecule has 2 aromatic rings. The highest BCUT2D eigenvalue weighted by Crippen LogP contribution is 2.14. The first-order valence-electron chi connectivity index (χ1n) is 4.87. The average Bonchev–Trinajstić information content (AvgIpc) is 2.75. The number of aryl methyl sites for hydroxylation is 1. The predicted molar refractivity (Wildman–Crippen MR) is 63.8 cm³/mol. The molecule has 0 aliphatic carbocycles. The van der Waals surface area contributed by atoms with Gasteiger partial charge in [-0.3, -0.25) is 15.1 Å². The third kappa shape index (κ3) is 2.66. The normalized spacial score (nSPS) is 10.1. The molecule has 0 saturated carbocycles. The van der Waals surface area contributed by atoms with Crippen molar-refractivity contribution in [2.75, 3.05) is 5.32 Å². The molecule has 0 radical (unpaired) electrons. The molecule has 0 saturated heterocycles. The van der Waals surface area contributed by atoms with E-state index in [1.165, 1.54) is 23.5 Å². The Bertz CT molecular complexity index is 593. The van der Waals surface area contributed by atoms with E-state index in [9.17, 15) is 9.59 Å². The van der Waals surface area contributed by atoms with Crippen LogP contribution in [0.1, 0.15) is 25.9 Å². The second kappa shape index (κ2) is 4.88. The number of aromatic nitrogens is 3. The largest absolute Gasteiger partial charge is 0.478 e. The summed E-state index contributed by atoms with van der Waals surface area (Å²) in [5.41, 5.74) is 0.145. The first-order chi connectivity index (χ1) is 8.56.